The standard InChI is InChI=1S/C13H16BrN3O/c1-9-7-11(3-4-12(9)14)17-10(2)8-13(16-17)18-6-5-15/h3-4,7-8H,5-6,15H2,1-2H3. The maximum atomic E-state index is 5.43. The number of aryl methyl sites for hydroxylation is 2. The summed E-state index contributed by atoms with van der Waals surface area (Å²) in [5.74, 6) is 0.610. The number of hydrogen-bond donors (Lipinski definition) is 1. The van der Waals surface area contributed by atoms with Crippen LogP contribution in [0.4, 0.5) is 0 Å². The summed E-state index contributed by atoms with van der Waals surface area (Å²) in [5.41, 5.74) is 8.63. The third-order valence-corrected chi connectivity index (χ3v) is 3.51. The van der Waals surface area contributed by atoms with Gasteiger partial charge in [0, 0.05) is 22.8 Å². The molecule has 2 aromatic rings. The molecule has 2 N–H and O–H groups in total. The Balaban J connectivity index is 2.32. The Hall–Kier alpha value is -1.33. The minimum atomic E-state index is 0.482. The van der Waals surface area contributed by atoms with Crippen LogP contribution in [-0.2, 0) is 0 Å². The first kappa shape index (κ1) is 13.1. The van der Waals surface area contributed by atoms with E-state index in [1.807, 2.05) is 29.8 Å². The molecule has 1 heterocycles. The van der Waals surface area contributed by atoms with E-state index in [1.165, 1.54) is 5.56 Å². The van der Waals surface area contributed by atoms with Gasteiger partial charge in [-0.25, -0.2) is 4.68 Å². The highest BCUT2D eigenvalue weighted by atomic mass is 79.9. The van der Waals surface area contributed by atoms with Crippen LogP contribution in [0.15, 0.2) is 28.7 Å². The lowest BCUT2D eigenvalue weighted by molar-refractivity contribution is 0.313. The minimum absolute atomic E-state index is 0.482. The van der Waals surface area contributed by atoms with Gasteiger partial charge >= 0.3 is 0 Å². The quantitative estimate of drug-likeness (QED) is 0.944. The van der Waals surface area contributed by atoms with Gasteiger partial charge in [-0.15, -0.1) is 5.10 Å². The topological polar surface area (TPSA) is 53.1 Å². The summed E-state index contributed by atoms with van der Waals surface area (Å²) < 4.78 is 8.39. The molecule has 0 aliphatic rings. The number of hydrogen-bond acceptors (Lipinski definition) is 3. The van der Waals surface area contributed by atoms with Crippen LogP contribution in [0, 0.1) is 13.8 Å². The first-order chi connectivity index (χ1) is 8.61. The summed E-state index contributed by atoms with van der Waals surface area (Å²) >= 11 is 3.49. The van der Waals surface area contributed by atoms with Gasteiger partial charge in [-0.05, 0) is 37.6 Å². The van der Waals surface area contributed by atoms with Gasteiger partial charge in [0.1, 0.15) is 6.61 Å². The van der Waals surface area contributed by atoms with Crippen LogP contribution in [0.5, 0.6) is 5.88 Å². The van der Waals surface area contributed by atoms with Gasteiger partial charge in [0.25, 0.3) is 0 Å². The van der Waals surface area contributed by atoms with E-state index < -0.39 is 0 Å². The van der Waals surface area contributed by atoms with Gasteiger partial charge in [-0.2, -0.15) is 0 Å². The van der Waals surface area contributed by atoms with Crippen LogP contribution in [0.3, 0.4) is 0 Å². The molecule has 0 spiro atoms. The molecule has 0 aliphatic heterocycles. The molecule has 1 aromatic heterocycles. The van der Waals surface area contributed by atoms with Crippen LogP contribution in [-0.4, -0.2) is 22.9 Å². The first-order valence-electron chi connectivity index (χ1n) is 5.78. The Morgan fingerprint density at radius 3 is 2.78 bits per heavy atom. The van der Waals surface area contributed by atoms with Crippen molar-refractivity contribution in [3.05, 3.63) is 40.0 Å². The molecular weight excluding hydrogens is 294 g/mol. The third kappa shape index (κ3) is 2.73. The second-order valence-corrected chi connectivity index (χ2v) is 4.96. The molecule has 0 unspecified atom stereocenters. The van der Waals surface area contributed by atoms with Crippen LogP contribution in [0.2, 0.25) is 0 Å². The molecule has 2 rings (SSSR count). The van der Waals surface area contributed by atoms with E-state index in [2.05, 4.69) is 34.0 Å². The van der Waals surface area contributed by atoms with Crippen molar-refractivity contribution < 1.29 is 4.74 Å². The summed E-state index contributed by atoms with van der Waals surface area (Å²) in [6.07, 6.45) is 0. The average Bonchev–Trinajstić information content (AvgIpc) is 2.71. The molecule has 0 bridgehead atoms. The number of nitrogens with zero attached hydrogens (tertiary/aromatic N) is 2. The SMILES string of the molecule is Cc1cc(-n2nc(OCCN)cc2C)ccc1Br. The normalized spacial score (nSPS) is 10.7. The van der Waals surface area contributed by atoms with E-state index >= 15 is 0 Å². The zero-order valence-electron chi connectivity index (χ0n) is 10.5. The van der Waals surface area contributed by atoms with Crippen LogP contribution in [0.25, 0.3) is 5.69 Å². The molecular formula is C13H16BrN3O. The maximum Gasteiger partial charge on any atom is 0.233 e. The van der Waals surface area contributed by atoms with Crippen molar-refractivity contribution in [2.75, 3.05) is 13.2 Å². The molecule has 0 saturated carbocycles. The molecule has 18 heavy (non-hydrogen) atoms. The summed E-state index contributed by atoms with van der Waals surface area (Å²) in [6, 6.07) is 8.03. The van der Waals surface area contributed by atoms with Gasteiger partial charge < -0.3 is 10.5 Å². The fraction of sp³-hybridized carbons (Fsp3) is 0.308. The molecule has 0 saturated heterocycles. The zero-order valence-corrected chi connectivity index (χ0v) is 12.1. The highest BCUT2D eigenvalue weighted by Gasteiger charge is 2.07. The van der Waals surface area contributed by atoms with E-state index in [0.29, 0.717) is 19.0 Å². The lowest BCUT2D eigenvalue weighted by atomic mass is 10.2. The van der Waals surface area contributed by atoms with E-state index in [0.717, 1.165) is 15.9 Å². The van der Waals surface area contributed by atoms with Gasteiger partial charge in [0.2, 0.25) is 5.88 Å². The number of halogens is 1. The smallest absolute Gasteiger partial charge is 0.233 e. The summed E-state index contributed by atoms with van der Waals surface area (Å²) in [4.78, 5) is 0. The molecule has 96 valence electrons. The fourth-order valence-corrected chi connectivity index (χ4v) is 1.95. The van der Waals surface area contributed by atoms with E-state index in [9.17, 15) is 0 Å². The predicted octanol–water partition coefficient (Wildman–Crippen LogP) is 2.59. The minimum Gasteiger partial charge on any atom is -0.475 e. The molecule has 0 atom stereocenters. The van der Waals surface area contributed by atoms with Gasteiger partial charge in [-0.1, -0.05) is 15.9 Å². The second-order valence-electron chi connectivity index (χ2n) is 4.11. The van der Waals surface area contributed by atoms with Crippen LogP contribution in [0.1, 0.15) is 11.3 Å². The summed E-state index contributed by atoms with van der Waals surface area (Å²) in [5, 5.41) is 4.41. The third-order valence-electron chi connectivity index (χ3n) is 2.62. The van der Waals surface area contributed by atoms with Crippen molar-refractivity contribution in [2.45, 2.75) is 13.8 Å². The summed E-state index contributed by atoms with van der Waals surface area (Å²) in [6.45, 7) is 5.02. The van der Waals surface area contributed by atoms with Crippen molar-refractivity contribution >= 4 is 15.9 Å². The van der Waals surface area contributed by atoms with Crippen molar-refractivity contribution in [2.24, 2.45) is 5.73 Å². The number of benzene rings is 1. The Bertz CT molecular complexity index is 551. The number of ether oxygens (including phenoxy) is 1. The molecule has 0 fully saturated rings. The van der Waals surface area contributed by atoms with Crippen molar-refractivity contribution in [1.29, 1.82) is 0 Å². The van der Waals surface area contributed by atoms with Crippen molar-refractivity contribution in [1.82, 2.24) is 9.78 Å². The van der Waals surface area contributed by atoms with Crippen molar-refractivity contribution in [3.8, 4) is 11.6 Å². The van der Waals surface area contributed by atoms with Gasteiger partial charge in [0.05, 0.1) is 5.69 Å². The number of aromatic nitrogens is 2. The number of nitrogens with two attached hydrogens (primary N) is 1. The molecule has 0 aliphatic carbocycles. The Morgan fingerprint density at radius 2 is 2.11 bits per heavy atom. The molecule has 4 nitrogen and oxygen atoms in total. The fourth-order valence-electron chi connectivity index (χ4n) is 1.70. The van der Waals surface area contributed by atoms with Crippen molar-refractivity contribution in [3.63, 3.8) is 0 Å². The lowest BCUT2D eigenvalue weighted by Gasteiger charge is -2.06. The lowest BCUT2D eigenvalue weighted by Crippen LogP contribution is -2.11. The largest absolute Gasteiger partial charge is 0.475 e. The zero-order chi connectivity index (χ0) is 13.1. The summed E-state index contributed by atoms with van der Waals surface area (Å²) in [7, 11) is 0. The molecule has 5 heteroatoms. The Labute approximate surface area is 115 Å². The van der Waals surface area contributed by atoms with Crippen LogP contribution >= 0.6 is 15.9 Å². The molecule has 0 amide bonds. The van der Waals surface area contributed by atoms with Gasteiger partial charge in [-0.3, -0.25) is 0 Å². The van der Waals surface area contributed by atoms with E-state index in [-0.39, 0.29) is 0 Å². The first-order valence-corrected chi connectivity index (χ1v) is 6.57. The van der Waals surface area contributed by atoms with E-state index in [4.69, 9.17) is 10.5 Å². The Morgan fingerprint density at radius 1 is 1.33 bits per heavy atom. The highest BCUT2D eigenvalue weighted by molar-refractivity contribution is 9.10. The molecule has 1 aromatic carbocycles. The van der Waals surface area contributed by atoms with E-state index in [1.54, 1.807) is 0 Å². The Kier molecular flexibility index (Phi) is 4.04. The average molecular weight is 310 g/mol. The second kappa shape index (κ2) is 5.54. The monoisotopic (exact) mass is 309 g/mol. The maximum absolute atomic E-state index is 5.43. The number of rotatable bonds is 4. The van der Waals surface area contributed by atoms with Gasteiger partial charge in [0.15, 0.2) is 0 Å². The van der Waals surface area contributed by atoms with Crippen LogP contribution < -0.4 is 10.5 Å². The predicted molar refractivity (Wildman–Crippen MR) is 75.3 cm³/mol. The molecule has 0 radical (unpaired) electrons. The highest BCUT2D eigenvalue weighted by Crippen LogP contribution is 2.22.